The van der Waals surface area contributed by atoms with Crippen LogP contribution in [0.5, 0.6) is 0 Å². The number of fused-ring (bicyclic) bond motifs is 2. The summed E-state index contributed by atoms with van der Waals surface area (Å²) in [6.07, 6.45) is 0.828. The molecule has 142 valence electrons. The van der Waals surface area contributed by atoms with Gasteiger partial charge in [0, 0.05) is 22.7 Å². The summed E-state index contributed by atoms with van der Waals surface area (Å²) in [4.78, 5) is 28.9. The van der Waals surface area contributed by atoms with E-state index in [1.54, 1.807) is 19.9 Å². The molecule has 0 unspecified atom stereocenters. The molecule has 3 aromatic heterocycles. The molecule has 0 radical (unpaired) electrons. The Labute approximate surface area is 159 Å². The van der Waals surface area contributed by atoms with Gasteiger partial charge in [-0.1, -0.05) is 24.2 Å². The van der Waals surface area contributed by atoms with E-state index in [-0.39, 0.29) is 6.61 Å². The van der Waals surface area contributed by atoms with Crippen LogP contribution < -0.4 is 5.63 Å². The molecule has 0 aliphatic carbocycles. The molecule has 0 saturated heterocycles. The number of hydrogen-bond acceptors (Lipinski definition) is 7. The minimum Gasteiger partial charge on any atom is -0.457 e. The minimum absolute atomic E-state index is 0.0560. The Bertz CT molecular complexity index is 1270. The average molecular weight is 378 g/mol. The number of esters is 1. The highest BCUT2D eigenvalue weighted by atomic mass is 16.5. The van der Waals surface area contributed by atoms with Crippen LogP contribution in [0.1, 0.15) is 39.8 Å². The predicted molar refractivity (Wildman–Crippen MR) is 102 cm³/mol. The number of carbonyl (C=O) groups excluding carboxylic acids is 1. The Morgan fingerprint density at radius 3 is 2.79 bits per heavy atom. The molecule has 28 heavy (non-hydrogen) atoms. The fourth-order valence-corrected chi connectivity index (χ4v) is 3.21. The van der Waals surface area contributed by atoms with Crippen LogP contribution in [0.4, 0.5) is 0 Å². The highest BCUT2D eigenvalue weighted by Crippen LogP contribution is 2.24. The lowest BCUT2D eigenvalue weighted by Gasteiger charge is -2.09. The first kappa shape index (κ1) is 17.9. The molecule has 0 amide bonds. The second-order valence-electron chi connectivity index (χ2n) is 6.61. The van der Waals surface area contributed by atoms with Gasteiger partial charge in [0.2, 0.25) is 0 Å². The zero-order chi connectivity index (χ0) is 19.8. The van der Waals surface area contributed by atoms with Crippen molar-refractivity contribution in [2.24, 2.45) is 0 Å². The number of aryl methyl sites for hydroxylation is 3. The van der Waals surface area contributed by atoms with Crippen LogP contribution in [0.15, 0.2) is 44.1 Å². The van der Waals surface area contributed by atoms with E-state index in [1.807, 2.05) is 25.1 Å². The maximum absolute atomic E-state index is 12.7. The van der Waals surface area contributed by atoms with Gasteiger partial charge in [-0.05, 0) is 38.0 Å². The molecule has 0 N–H and O–H groups in total. The van der Waals surface area contributed by atoms with Crippen LogP contribution in [-0.4, -0.2) is 16.1 Å². The van der Waals surface area contributed by atoms with Crippen molar-refractivity contribution in [2.45, 2.75) is 33.8 Å². The van der Waals surface area contributed by atoms with E-state index in [4.69, 9.17) is 13.7 Å². The Morgan fingerprint density at radius 2 is 2.00 bits per heavy atom. The first-order chi connectivity index (χ1) is 13.5. The number of benzene rings is 1. The molecule has 4 rings (SSSR count). The van der Waals surface area contributed by atoms with Crippen molar-refractivity contribution in [3.63, 3.8) is 0 Å². The van der Waals surface area contributed by atoms with Crippen molar-refractivity contribution in [3.8, 4) is 0 Å². The van der Waals surface area contributed by atoms with E-state index >= 15 is 0 Å². The number of rotatable bonds is 4. The summed E-state index contributed by atoms with van der Waals surface area (Å²) >= 11 is 0. The summed E-state index contributed by atoms with van der Waals surface area (Å²) in [5.41, 5.74) is 3.46. The highest BCUT2D eigenvalue weighted by Gasteiger charge is 2.19. The van der Waals surface area contributed by atoms with Crippen LogP contribution in [0.3, 0.4) is 0 Å². The van der Waals surface area contributed by atoms with Crippen LogP contribution in [0.2, 0.25) is 0 Å². The number of carbonyl (C=O) groups is 1. The van der Waals surface area contributed by atoms with Gasteiger partial charge in [0.1, 0.15) is 12.2 Å². The summed E-state index contributed by atoms with van der Waals surface area (Å²) in [5, 5.41) is 5.13. The van der Waals surface area contributed by atoms with Crippen LogP contribution >= 0.6 is 0 Å². The molecule has 0 saturated carbocycles. The predicted octanol–water partition coefficient (Wildman–Crippen LogP) is 3.87. The first-order valence-electron chi connectivity index (χ1n) is 8.92. The Hall–Kier alpha value is -3.48. The van der Waals surface area contributed by atoms with Gasteiger partial charge in [0.15, 0.2) is 0 Å². The van der Waals surface area contributed by atoms with Crippen LogP contribution in [0.25, 0.3) is 22.1 Å². The molecule has 0 aliphatic rings. The number of ether oxygens (including phenoxy) is 1. The molecule has 0 atom stereocenters. The average Bonchev–Trinajstić information content (AvgIpc) is 3.05. The van der Waals surface area contributed by atoms with E-state index in [0.717, 1.165) is 17.4 Å². The summed E-state index contributed by atoms with van der Waals surface area (Å²) in [6, 6.07) is 8.65. The topological polar surface area (TPSA) is 95.4 Å². The Balaban J connectivity index is 1.68. The summed E-state index contributed by atoms with van der Waals surface area (Å²) in [6.45, 7) is 5.46. The van der Waals surface area contributed by atoms with Crippen LogP contribution in [0, 0.1) is 13.8 Å². The molecular weight excluding hydrogens is 360 g/mol. The Kier molecular flexibility index (Phi) is 4.43. The standard InChI is InChI=1S/C21H18N2O5/c1-4-13-5-6-15-14(9-18(24)27-17(15)8-13)10-26-21(25)16-7-11(2)22-20-19(16)12(3)23-28-20/h5-9H,4,10H2,1-3H3. The van der Waals surface area contributed by atoms with Gasteiger partial charge in [0.05, 0.1) is 16.6 Å². The number of hydrogen-bond donors (Lipinski definition) is 0. The minimum atomic E-state index is -0.534. The lowest BCUT2D eigenvalue weighted by atomic mass is 10.1. The quantitative estimate of drug-likeness (QED) is 0.393. The summed E-state index contributed by atoms with van der Waals surface area (Å²) < 4.78 is 16.0. The third kappa shape index (κ3) is 3.15. The number of pyridine rings is 1. The van der Waals surface area contributed by atoms with E-state index in [9.17, 15) is 9.59 Å². The SMILES string of the molecule is CCc1ccc2c(COC(=O)c3cc(C)nc4onc(C)c34)cc(=O)oc2c1. The molecule has 1 aromatic carbocycles. The van der Waals surface area contributed by atoms with E-state index < -0.39 is 11.6 Å². The fraction of sp³-hybridized carbons (Fsp3) is 0.238. The van der Waals surface area contributed by atoms with Gasteiger partial charge in [-0.3, -0.25) is 0 Å². The lowest BCUT2D eigenvalue weighted by molar-refractivity contribution is 0.0476. The molecule has 7 heteroatoms. The van der Waals surface area contributed by atoms with E-state index in [1.165, 1.54) is 6.07 Å². The molecule has 0 bridgehead atoms. The monoisotopic (exact) mass is 378 g/mol. The number of nitrogens with zero attached hydrogens (tertiary/aromatic N) is 2. The molecule has 0 spiro atoms. The van der Waals surface area contributed by atoms with Gasteiger partial charge in [0.25, 0.3) is 5.71 Å². The van der Waals surface area contributed by atoms with E-state index in [0.29, 0.717) is 39.2 Å². The van der Waals surface area contributed by atoms with Crippen molar-refractivity contribution in [1.29, 1.82) is 0 Å². The summed E-state index contributed by atoms with van der Waals surface area (Å²) in [5.74, 6) is -0.534. The van der Waals surface area contributed by atoms with Crippen molar-refractivity contribution in [1.82, 2.24) is 10.1 Å². The number of aromatic nitrogens is 2. The molecule has 7 nitrogen and oxygen atoms in total. The van der Waals surface area contributed by atoms with Crippen molar-refractivity contribution < 1.29 is 18.5 Å². The van der Waals surface area contributed by atoms with Crippen molar-refractivity contribution in [3.05, 3.63) is 68.8 Å². The third-order valence-electron chi connectivity index (χ3n) is 4.63. The second kappa shape index (κ2) is 6.92. The Morgan fingerprint density at radius 1 is 1.18 bits per heavy atom. The van der Waals surface area contributed by atoms with Gasteiger partial charge in [-0.25, -0.2) is 14.6 Å². The maximum atomic E-state index is 12.7. The molecular formula is C21H18N2O5. The lowest BCUT2D eigenvalue weighted by Crippen LogP contribution is -2.09. The van der Waals surface area contributed by atoms with E-state index in [2.05, 4.69) is 10.1 Å². The molecule has 4 aromatic rings. The third-order valence-corrected chi connectivity index (χ3v) is 4.63. The van der Waals surface area contributed by atoms with Gasteiger partial charge < -0.3 is 13.7 Å². The molecule has 0 fully saturated rings. The van der Waals surface area contributed by atoms with Gasteiger partial charge >= 0.3 is 11.6 Å². The maximum Gasteiger partial charge on any atom is 0.339 e. The first-order valence-corrected chi connectivity index (χ1v) is 8.92. The fourth-order valence-electron chi connectivity index (χ4n) is 3.21. The smallest absolute Gasteiger partial charge is 0.339 e. The van der Waals surface area contributed by atoms with Crippen molar-refractivity contribution in [2.75, 3.05) is 0 Å². The second-order valence-corrected chi connectivity index (χ2v) is 6.61. The highest BCUT2D eigenvalue weighted by molar-refractivity contribution is 6.03. The zero-order valence-corrected chi connectivity index (χ0v) is 15.7. The van der Waals surface area contributed by atoms with Gasteiger partial charge in [-0.15, -0.1) is 0 Å². The molecule has 0 aliphatic heterocycles. The van der Waals surface area contributed by atoms with Crippen LogP contribution in [-0.2, 0) is 17.8 Å². The normalized spacial score (nSPS) is 11.2. The van der Waals surface area contributed by atoms with Gasteiger partial charge in [-0.2, -0.15) is 0 Å². The zero-order valence-electron chi connectivity index (χ0n) is 15.7. The largest absolute Gasteiger partial charge is 0.457 e. The van der Waals surface area contributed by atoms with Crippen molar-refractivity contribution >= 4 is 28.0 Å². The summed E-state index contributed by atoms with van der Waals surface area (Å²) in [7, 11) is 0. The molecule has 3 heterocycles.